The minimum absolute atomic E-state index is 0.140. The molecule has 3 aromatic carbocycles. The number of rotatable bonds is 24. The average Bonchev–Trinajstić information content (AvgIpc) is 3.09. The van der Waals surface area contributed by atoms with Gasteiger partial charge in [-0.25, -0.2) is 0 Å². The topological polar surface area (TPSA) is 47.9 Å². The van der Waals surface area contributed by atoms with E-state index in [1.165, 1.54) is 64.2 Å². The van der Waals surface area contributed by atoms with Crippen molar-refractivity contribution < 1.29 is 19.3 Å². The lowest BCUT2D eigenvalue weighted by atomic mass is 9.80. The van der Waals surface area contributed by atoms with Crippen molar-refractivity contribution >= 4 is 0 Å². The third-order valence-corrected chi connectivity index (χ3v) is 8.15. The van der Waals surface area contributed by atoms with Gasteiger partial charge in [0, 0.05) is 6.61 Å². The Morgan fingerprint density at radius 3 is 1.73 bits per heavy atom. The van der Waals surface area contributed by atoms with Crippen molar-refractivity contribution in [3.05, 3.63) is 126 Å². The molecule has 0 aromatic heterocycles. The molecule has 0 aliphatic rings. The highest BCUT2D eigenvalue weighted by atomic mass is 16.5. The lowest BCUT2D eigenvalue weighted by Crippen LogP contribution is -2.36. The second kappa shape index (κ2) is 22.3. The summed E-state index contributed by atoms with van der Waals surface area (Å²) in [5, 5.41) is 10.9. The fourth-order valence-corrected chi connectivity index (χ4v) is 5.59. The fourth-order valence-electron chi connectivity index (χ4n) is 5.59. The zero-order valence-corrected chi connectivity index (χ0v) is 27.7. The van der Waals surface area contributed by atoms with Crippen LogP contribution in [0.5, 0.6) is 5.75 Å². The molecule has 0 saturated carbocycles. The van der Waals surface area contributed by atoms with Gasteiger partial charge in [0.05, 0.1) is 20.3 Å². The van der Waals surface area contributed by atoms with Gasteiger partial charge in [-0.05, 0) is 60.9 Å². The normalized spacial score (nSPS) is 12.7. The Kier molecular flexibility index (Phi) is 18.0. The van der Waals surface area contributed by atoms with Gasteiger partial charge in [0.2, 0.25) is 0 Å². The van der Waals surface area contributed by atoms with Gasteiger partial charge < -0.3 is 19.3 Å². The molecular weight excluding hydrogens is 556 g/mol. The minimum atomic E-state index is -0.892. The van der Waals surface area contributed by atoms with Crippen LogP contribution in [-0.2, 0) is 15.1 Å². The van der Waals surface area contributed by atoms with Gasteiger partial charge in [-0.3, -0.25) is 0 Å². The van der Waals surface area contributed by atoms with Gasteiger partial charge in [-0.15, -0.1) is 0 Å². The number of unbranched alkanes of at least 4 members (excludes halogenated alkanes) is 9. The van der Waals surface area contributed by atoms with Crippen molar-refractivity contribution in [2.45, 2.75) is 95.7 Å². The number of allylic oxidation sites excluding steroid dienone is 4. The van der Waals surface area contributed by atoms with Crippen LogP contribution in [0.1, 0.15) is 101 Å². The number of ether oxygens (including phenoxy) is 3. The molecule has 0 aliphatic carbocycles. The Balaban J connectivity index is 1.38. The van der Waals surface area contributed by atoms with E-state index in [-0.39, 0.29) is 13.2 Å². The number of methoxy groups -OCH3 is 1. The summed E-state index contributed by atoms with van der Waals surface area (Å²) in [6, 6.07) is 28.4. The van der Waals surface area contributed by atoms with Crippen molar-refractivity contribution in [1.82, 2.24) is 0 Å². The molecule has 0 bridgehead atoms. The molecule has 0 radical (unpaired) electrons. The molecule has 4 heteroatoms. The summed E-state index contributed by atoms with van der Waals surface area (Å²) in [6.07, 6.45) is 23.2. The summed E-state index contributed by atoms with van der Waals surface area (Å²) >= 11 is 0. The number of aliphatic hydroxyl groups is 1. The first-order valence-corrected chi connectivity index (χ1v) is 17.2. The van der Waals surface area contributed by atoms with Gasteiger partial charge in [-0.1, -0.05) is 149 Å². The van der Waals surface area contributed by atoms with E-state index in [4.69, 9.17) is 14.2 Å². The van der Waals surface area contributed by atoms with Crippen LogP contribution >= 0.6 is 0 Å². The largest absolute Gasteiger partial charge is 0.497 e. The predicted octanol–water partition coefficient (Wildman–Crippen LogP) is 10.2. The monoisotopic (exact) mass is 612 g/mol. The minimum Gasteiger partial charge on any atom is -0.497 e. The van der Waals surface area contributed by atoms with Gasteiger partial charge >= 0.3 is 0 Å². The van der Waals surface area contributed by atoms with E-state index < -0.39 is 11.7 Å². The third kappa shape index (κ3) is 13.0. The SMILES string of the molecule is CCCC/C=C\C/C=C\CCCCCCCCCOCC(O)COC(c1ccccc1)(c1ccccc1)c1ccc(OC)cc1. The van der Waals surface area contributed by atoms with Crippen molar-refractivity contribution in [3.8, 4) is 5.75 Å². The molecule has 0 amide bonds. The molecule has 3 aromatic rings. The van der Waals surface area contributed by atoms with Gasteiger partial charge in [-0.2, -0.15) is 0 Å². The molecule has 0 heterocycles. The first-order valence-electron chi connectivity index (χ1n) is 17.2. The van der Waals surface area contributed by atoms with Crippen LogP contribution in [-0.4, -0.2) is 38.1 Å². The smallest absolute Gasteiger partial charge is 0.143 e. The summed E-state index contributed by atoms with van der Waals surface area (Å²) in [7, 11) is 1.67. The maximum atomic E-state index is 10.9. The number of hydrogen-bond donors (Lipinski definition) is 1. The molecule has 1 atom stereocenters. The Labute approximate surface area is 273 Å². The quantitative estimate of drug-likeness (QED) is 0.0621. The Morgan fingerprint density at radius 2 is 1.16 bits per heavy atom. The molecule has 45 heavy (non-hydrogen) atoms. The number of aliphatic hydroxyl groups excluding tert-OH is 1. The standard InChI is InChI=1S/C41H56O4/c1-3-4-5-6-7-8-9-10-11-12-13-14-15-16-17-24-33-44-34-39(42)35-45-41(36-25-20-18-21-26-36,37-27-22-19-23-28-37)38-29-31-40(43-2)32-30-38/h6-7,9-10,18-23,25-32,39,42H,3-5,8,11-17,24,33-35H2,1-2H3/b7-6-,10-9-. The Bertz CT molecular complexity index is 1150. The molecule has 0 saturated heterocycles. The highest BCUT2D eigenvalue weighted by Crippen LogP contribution is 2.41. The summed E-state index contributed by atoms with van der Waals surface area (Å²) in [4.78, 5) is 0. The van der Waals surface area contributed by atoms with E-state index in [1.54, 1.807) is 7.11 Å². The van der Waals surface area contributed by atoms with Crippen LogP contribution in [0.15, 0.2) is 109 Å². The van der Waals surface area contributed by atoms with Crippen LogP contribution in [0, 0.1) is 0 Å². The van der Waals surface area contributed by atoms with Crippen molar-refractivity contribution in [2.75, 3.05) is 26.9 Å². The Hall–Kier alpha value is -3.18. The zero-order valence-electron chi connectivity index (χ0n) is 27.7. The number of benzene rings is 3. The molecule has 0 aliphatic heterocycles. The van der Waals surface area contributed by atoms with Crippen LogP contribution in [0.3, 0.4) is 0 Å². The first-order chi connectivity index (χ1) is 22.2. The molecule has 244 valence electrons. The summed E-state index contributed by atoms with van der Waals surface area (Å²) in [6.45, 7) is 3.29. The molecule has 0 spiro atoms. The summed E-state index contributed by atoms with van der Waals surface area (Å²) in [5.74, 6) is 0.784. The average molecular weight is 613 g/mol. The van der Waals surface area contributed by atoms with Crippen molar-refractivity contribution in [3.63, 3.8) is 0 Å². The van der Waals surface area contributed by atoms with Crippen LogP contribution in [0.4, 0.5) is 0 Å². The lowest BCUT2D eigenvalue weighted by molar-refractivity contribution is -0.0641. The molecule has 1 N–H and O–H groups in total. The Morgan fingerprint density at radius 1 is 0.622 bits per heavy atom. The highest BCUT2D eigenvalue weighted by Gasteiger charge is 2.38. The predicted molar refractivity (Wildman–Crippen MR) is 188 cm³/mol. The van der Waals surface area contributed by atoms with Crippen molar-refractivity contribution in [1.29, 1.82) is 0 Å². The van der Waals surface area contributed by atoms with Crippen LogP contribution in [0.25, 0.3) is 0 Å². The maximum absolute atomic E-state index is 10.9. The van der Waals surface area contributed by atoms with Crippen LogP contribution < -0.4 is 4.74 Å². The zero-order chi connectivity index (χ0) is 31.8. The van der Waals surface area contributed by atoms with E-state index in [0.717, 1.165) is 35.3 Å². The first kappa shape index (κ1) is 36.3. The van der Waals surface area contributed by atoms with Gasteiger partial charge in [0.15, 0.2) is 0 Å². The molecule has 1 unspecified atom stereocenters. The molecule has 0 fully saturated rings. The van der Waals surface area contributed by atoms with E-state index in [9.17, 15) is 5.11 Å². The summed E-state index contributed by atoms with van der Waals surface area (Å²) < 4.78 is 18.0. The second-order valence-electron chi connectivity index (χ2n) is 11.8. The van der Waals surface area contributed by atoms with E-state index in [2.05, 4.69) is 55.5 Å². The van der Waals surface area contributed by atoms with E-state index in [0.29, 0.717) is 6.61 Å². The third-order valence-electron chi connectivity index (χ3n) is 8.15. The molecule has 4 nitrogen and oxygen atoms in total. The summed E-state index contributed by atoms with van der Waals surface area (Å²) in [5.41, 5.74) is 2.07. The van der Waals surface area contributed by atoms with Crippen molar-refractivity contribution in [2.24, 2.45) is 0 Å². The maximum Gasteiger partial charge on any atom is 0.143 e. The van der Waals surface area contributed by atoms with Gasteiger partial charge in [0.1, 0.15) is 17.5 Å². The lowest BCUT2D eigenvalue weighted by Gasteiger charge is -2.36. The number of hydrogen-bond acceptors (Lipinski definition) is 4. The van der Waals surface area contributed by atoms with E-state index >= 15 is 0 Å². The molecular formula is C41H56O4. The van der Waals surface area contributed by atoms with Gasteiger partial charge in [0.25, 0.3) is 0 Å². The van der Waals surface area contributed by atoms with E-state index in [1.807, 2.05) is 60.7 Å². The fraction of sp³-hybridized carbons (Fsp3) is 0.463. The molecule has 3 rings (SSSR count). The van der Waals surface area contributed by atoms with Crippen LogP contribution in [0.2, 0.25) is 0 Å². The highest BCUT2D eigenvalue weighted by molar-refractivity contribution is 5.48. The second-order valence-corrected chi connectivity index (χ2v) is 11.8.